The van der Waals surface area contributed by atoms with Crippen molar-refractivity contribution in [3.05, 3.63) is 16.6 Å². The van der Waals surface area contributed by atoms with Gasteiger partial charge in [-0.3, -0.25) is 9.78 Å². The van der Waals surface area contributed by atoms with Gasteiger partial charge in [-0.2, -0.15) is 0 Å². The zero-order valence-electron chi connectivity index (χ0n) is 8.97. The molecule has 0 saturated carbocycles. The lowest BCUT2D eigenvalue weighted by molar-refractivity contribution is -0.139. The van der Waals surface area contributed by atoms with Crippen molar-refractivity contribution in [3.8, 4) is 0 Å². The normalized spacial score (nSPS) is 12.1. The van der Waals surface area contributed by atoms with Crippen molar-refractivity contribution in [1.82, 2.24) is 10.3 Å². The number of nitrogens with one attached hydrogen (secondary N) is 1. The number of carbonyl (C=O) groups is 2. The van der Waals surface area contributed by atoms with Crippen LogP contribution in [0.2, 0.25) is 0 Å². The molecule has 1 rings (SSSR count). The van der Waals surface area contributed by atoms with Gasteiger partial charge < -0.3 is 10.4 Å². The van der Waals surface area contributed by atoms with Crippen LogP contribution in [0.4, 0.5) is 0 Å². The van der Waals surface area contributed by atoms with E-state index < -0.39 is 12.0 Å². The van der Waals surface area contributed by atoms with Gasteiger partial charge in [-0.25, -0.2) is 4.79 Å². The molecule has 0 aliphatic carbocycles. The van der Waals surface area contributed by atoms with Gasteiger partial charge >= 0.3 is 5.97 Å². The van der Waals surface area contributed by atoms with Crippen LogP contribution in [0, 0.1) is 0 Å². The maximum Gasteiger partial charge on any atom is 0.326 e. The maximum atomic E-state index is 11.6. The van der Waals surface area contributed by atoms with Crippen LogP contribution in [0.1, 0.15) is 35.9 Å². The molecular weight excluding hydrogens is 228 g/mol. The van der Waals surface area contributed by atoms with Gasteiger partial charge in [0.25, 0.3) is 5.91 Å². The molecule has 0 saturated heterocycles. The summed E-state index contributed by atoms with van der Waals surface area (Å²) in [5.41, 5.74) is 1.54. The summed E-state index contributed by atoms with van der Waals surface area (Å²) in [7, 11) is 0. The fourth-order valence-corrected chi connectivity index (χ4v) is 1.75. The number of aliphatic carboxylic acids is 1. The number of nitrogens with zero attached hydrogens (tertiary/aromatic N) is 1. The van der Waals surface area contributed by atoms with E-state index >= 15 is 0 Å². The van der Waals surface area contributed by atoms with Gasteiger partial charge in [0.2, 0.25) is 0 Å². The quantitative estimate of drug-likeness (QED) is 0.792. The lowest BCUT2D eigenvalue weighted by Crippen LogP contribution is -2.40. The maximum absolute atomic E-state index is 11.6. The highest BCUT2D eigenvalue weighted by Crippen LogP contribution is 2.07. The van der Waals surface area contributed by atoms with E-state index in [1.54, 1.807) is 0 Å². The number of aromatic nitrogens is 1. The Hall–Kier alpha value is -1.43. The summed E-state index contributed by atoms with van der Waals surface area (Å²) in [5.74, 6) is -1.36. The Kier molecular flexibility index (Phi) is 4.91. The summed E-state index contributed by atoms with van der Waals surface area (Å²) in [6, 6.07) is -0.811. The number of carboxylic acid groups (broad SMARTS) is 1. The Bertz CT molecular complexity index is 351. The van der Waals surface area contributed by atoms with E-state index in [0.717, 1.165) is 12.8 Å². The van der Waals surface area contributed by atoms with Crippen LogP contribution in [0.15, 0.2) is 11.7 Å². The third-order valence-electron chi connectivity index (χ3n) is 2.11. The fraction of sp³-hybridized carbons (Fsp3) is 0.500. The van der Waals surface area contributed by atoms with Gasteiger partial charge in [0, 0.05) is 0 Å². The Labute approximate surface area is 97.5 Å². The summed E-state index contributed by atoms with van der Waals surface area (Å²) in [6.07, 6.45) is 3.56. The van der Waals surface area contributed by atoms with Crippen LogP contribution in [-0.2, 0) is 4.79 Å². The van der Waals surface area contributed by atoms with E-state index in [9.17, 15) is 9.59 Å². The number of hydrogen-bond donors (Lipinski definition) is 2. The molecule has 88 valence electrons. The van der Waals surface area contributed by atoms with Gasteiger partial charge in [-0.1, -0.05) is 19.8 Å². The van der Waals surface area contributed by atoms with E-state index in [4.69, 9.17) is 5.11 Å². The number of carbonyl (C=O) groups excluding carboxylic acids is 1. The van der Waals surface area contributed by atoms with Crippen LogP contribution >= 0.6 is 11.3 Å². The van der Waals surface area contributed by atoms with E-state index in [0.29, 0.717) is 11.3 Å². The van der Waals surface area contributed by atoms with Crippen LogP contribution in [-0.4, -0.2) is 28.0 Å². The topological polar surface area (TPSA) is 79.3 Å². The van der Waals surface area contributed by atoms with Crippen molar-refractivity contribution in [3.63, 3.8) is 0 Å². The molecule has 1 aromatic heterocycles. The molecule has 5 nitrogen and oxygen atoms in total. The molecule has 0 radical (unpaired) electrons. The highest BCUT2D eigenvalue weighted by atomic mass is 32.1. The van der Waals surface area contributed by atoms with Crippen molar-refractivity contribution < 1.29 is 14.7 Å². The van der Waals surface area contributed by atoms with Gasteiger partial charge in [0.15, 0.2) is 0 Å². The first kappa shape index (κ1) is 12.6. The summed E-state index contributed by atoms with van der Waals surface area (Å²) in [6.45, 7) is 1.98. The Balaban J connectivity index is 2.54. The van der Waals surface area contributed by atoms with E-state index in [-0.39, 0.29) is 5.91 Å². The summed E-state index contributed by atoms with van der Waals surface area (Å²) < 4.78 is 0. The standard InChI is InChI=1S/C10H14N2O3S/c1-2-3-4-7(10(14)15)12-9(13)8-5-11-6-16-8/h5-7H,2-4H2,1H3,(H,12,13)(H,14,15). The number of unbranched alkanes of at least 4 members (excludes halogenated alkanes) is 1. The summed E-state index contributed by atoms with van der Waals surface area (Å²) >= 11 is 1.19. The molecule has 0 aliphatic heterocycles. The van der Waals surface area contributed by atoms with Gasteiger partial charge in [0.1, 0.15) is 10.9 Å². The van der Waals surface area contributed by atoms with E-state index in [1.165, 1.54) is 23.0 Å². The minimum Gasteiger partial charge on any atom is -0.480 e. The minimum absolute atomic E-state index is 0.369. The van der Waals surface area contributed by atoms with Crippen LogP contribution in [0.25, 0.3) is 0 Å². The first-order valence-corrected chi connectivity index (χ1v) is 5.95. The van der Waals surface area contributed by atoms with Crippen LogP contribution < -0.4 is 5.32 Å². The SMILES string of the molecule is CCCCC(NC(=O)c1cncs1)C(=O)O. The average Bonchev–Trinajstić information content (AvgIpc) is 2.76. The zero-order valence-corrected chi connectivity index (χ0v) is 9.79. The number of carboxylic acids is 1. The largest absolute Gasteiger partial charge is 0.480 e. The Morgan fingerprint density at radius 1 is 1.62 bits per heavy atom. The smallest absolute Gasteiger partial charge is 0.326 e. The molecule has 0 aliphatic rings. The number of amides is 1. The van der Waals surface area contributed by atoms with Gasteiger partial charge in [0.05, 0.1) is 11.7 Å². The third kappa shape index (κ3) is 3.62. The number of hydrogen-bond acceptors (Lipinski definition) is 4. The molecule has 0 bridgehead atoms. The summed E-state index contributed by atoms with van der Waals surface area (Å²) in [5, 5.41) is 11.4. The van der Waals surface area contributed by atoms with Gasteiger partial charge in [-0.15, -0.1) is 11.3 Å². The first-order chi connectivity index (χ1) is 7.65. The highest BCUT2D eigenvalue weighted by molar-refractivity contribution is 7.11. The van der Waals surface area contributed by atoms with Gasteiger partial charge in [-0.05, 0) is 6.42 Å². The number of rotatable bonds is 6. The van der Waals surface area contributed by atoms with Crippen molar-refractivity contribution in [2.45, 2.75) is 32.2 Å². The zero-order chi connectivity index (χ0) is 12.0. The third-order valence-corrected chi connectivity index (χ3v) is 2.88. The van der Waals surface area contributed by atoms with Crippen molar-refractivity contribution in [1.29, 1.82) is 0 Å². The van der Waals surface area contributed by atoms with Crippen molar-refractivity contribution >= 4 is 23.2 Å². The number of thiazole rings is 1. The van der Waals surface area contributed by atoms with Crippen LogP contribution in [0.5, 0.6) is 0 Å². The predicted octanol–water partition coefficient (Wildman–Crippen LogP) is 1.52. The molecule has 6 heteroatoms. The fourth-order valence-electron chi connectivity index (χ4n) is 1.22. The molecule has 1 amide bonds. The molecule has 0 aromatic carbocycles. The minimum atomic E-state index is -0.994. The van der Waals surface area contributed by atoms with Crippen molar-refractivity contribution in [2.24, 2.45) is 0 Å². The molecular formula is C10H14N2O3S. The monoisotopic (exact) mass is 242 g/mol. The first-order valence-electron chi connectivity index (χ1n) is 5.07. The second-order valence-corrected chi connectivity index (χ2v) is 4.26. The molecule has 1 heterocycles. The Morgan fingerprint density at radius 2 is 2.38 bits per heavy atom. The molecule has 1 atom stereocenters. The average molecular weight is 242 g/mol. The van der Waals surface area contributed by atoms with Crippen molar-refractivity contribution in [2.75, 3.05) is 0 Å². The summed E-state index contributed by atoms with van der Waals surface area (Å²) in [4.78, 5) is 26.7. The molecule has 16 heavy (non-hydrogen) atoms. The molecule has 0 fully saturated rings. The van der Waals surface area contributed by atoms with E-state index in [1.807, 2.05) is 6.92 Å². The van der Waals surface area contributed by atoms with Crippen LogP contribution in [0.3, 0.4) is 0 Å². The second-order valence-electron chi connectivity index (χ2n) is 3.37. The second kappa shape index (κ2) is 6.22. The lowest BCUT2D eigenvalue weighted by atomic mass is 10.1. The molecule has 0 spiro atoms. The predicted molar refractivity (Wildman–Crippen MR) is 60.5 cm³/mol. The molecule has 2 N–H and O–H groups in total. The Morgan fingerprint density at radius 3 is 2.88 bits per heavy atom. The molecule has 1 unspecified atom stereocenters. The lowest BCUT2D eigenvalue weighted by Gasteiger charge is -2.12. The highest BCUT2D eigenvalue weighted by Gasteiger charge is 2.20. The molecule has 1 aromatic rings. The van der Waals surface area contributed by atoms with E-state index in [2.05, 4.69) is 10.3 Å².